The molecular weight excluding hydrogens is 246 g/mol. The Kier molecular flexibility index (Phi) is 2.76. The molecule has 0 saturated heterocycles. The van der Waals surface area contributed by atoms with Crippen molar-refractivity contribution in [2.75, 3.05) is 5.32 Å². The predicted molar refractivity (Wildman–Crippen MR) is 72.9 cm³/mol. The first-order valence-corrected chi connectivity index (χ1v) is 6.61. The molecule has 3 rings (SSSR count). The summed E-state index contributed by atoms with van der Waals surface area (Å²) < 4.78 is 6.39. The van der Waals surface area contributed by atoms with E-state index in [1.165, 1.54) is 4.70 Å². The van der Waals surface area contributed by atoms with E-state index in [4.69, 9.17) is 4.52 Å². The Bertz CT molecular complexity index is 667. The van der Waals surface area contributed by atoms with Crippen molar-refractivity contribution < 1.29 is 4.52 Å². The summed E-state index contributed by atoms with van der Waals surface area (Å²) in [5.41, 5.74) is 2.03. The quantitative estimate of drug-likeness (QED) is 0.782. The highest BCUT2D eigenvalue weighted by Gasteiger charge is 2.09. The zero-order chi connectivity index (χ0) is 12.5. The molecule has 0 saturated carbocycles. The number of thiophene rings is 1. The summed E-state index contributed by atoms with van der Waals surface area (Å²) in [4.78, 5) is 4.38. The standard InChI is InChI=1S/C13H13N3OS/c1-8-11(9(2)17-16-8)7-15-13-10-4-6-18-12(10)3-5-14-13/h3-6H,7H2,1-2H3,(H,14,15). The molecule has 3 heterocycles. The molecule has 0 spiro atoms. The molecule has 0 aliphatic carbocycles. The summed E-state index contributed by atoms with van der Waals surface area (Å²) in [5.74, 6) is 1.77. The highest BCUT2D eigenvalue weighted by molar-refractivity contribution is 7.17. The van der Waals surface area contributed by atoms with E-state index in [1.807, 2.05) is 26.1 Å². The van der Waals surface area contributed by atoms with Crippen molar-refractivity contribution in [1.82, 2.24) is 10.1 Å². The van der Waals surface area contributed by atoms with Gasteiger partial charge in [0.25, 0.3) is 0 Å². The van der Waals surface area contributed by atoms with Gasteiger partial charge >= 0.3 is 0 Å². The van der Waals surface area contributed by atoms with Gasteiger partial charge in [0.05, 0.1) is 5.69 Å². The van der Waals surface area contributed by atoms with Crippen LogP contribution in [0.4, 0.5) is 5.82 Å². The molecule has 18 heavy (non-hydrogen) atoms. The Morgan fingerprint density at radius 2 is 2.22 bits per heavy atom. The maximum atomic E-state index is 5.15. The summed E-state index contributed by atoms with van der Waals surface area (Å²) in [6.07, 6.45) is 1.83. The van der Waals surface area contributed by atoms with Crippen LogP contribution in [0.3, 0.4) is 0 Å². The summed E-state index contributed by atoms with van der Waals surface area (Å²) in [5, 5.41) is 10.5. The molecule has 0 atom stereocenters. The zero-order valence-corrected chi connectivity index (χ0v) is 11.0. The number of fused-ring (bicyclic) bond motifs is 1. The number of nitrogens with one attached hydrogen (secondary N) is 1. The van der Waals surface area contributed by atoms with Crippen LogP contribution < -0.4 is 5.32 Å². The van der Waals surface area contributed by atoms with E-state index in [1.54, 1.807) is 11.3 Å². The molecule has 0 aliphatic rings. The Balaban J connectivity index is 1.87. The van der Waals surface area contributed by atoms with E-state index in [-0.39, 0.29) is 0 Å². The molecule has 0 amide bonds. The van der Waals surface area contributed by atoms with E-state index in [9.17, 15) is 0 Å². The van der Waals surface area contributed by atoms with Crippen LogP contribution in [-0.4, -0.2) is 10.1 Å². The number of aromatic nitrogens is 2. The summed E-state index contributed by atoms with van der Waals surface area (Å²) in [7, 11) is 0. The van der Waals surface area contributed by atoms with Gasteiger partial charge in [-0.1, -0.05) is 5.16 Å². The van der Waals surface area contributed by atoms with Gasteiger partial charge in [-0.05, 0) is 31.4 Å². The van der Waals surface area contributed by atoms with Crippen LogP contribution in [0.2, 0.25) is 0 Å². The lowest BCUT2D eigenvalue weighted by atomic mass is 10.2. The summed E-state index contributed by atoms with van der Waals surface area (Å²) >= 11 is 1.72. The fourth-order valence-corrected chi connectivity index (χ4v) is 2.74. The van der Waals surface area contributed by atoms with Gasteiger partial charge in [0.1, 0.15) is 11.6 Å². The van der Waals surface area contributed by atoms with Crippen molar-refractivity contribution in [3.05, 3.63) is 40.7 Å². The fourth-order valence-electron chi connectivity index (χ4n) is 1.96. The van der Waals surface area contributed by atoms with Crippen molar-refractivity contribution in [1.29, 1.82) is 0 Å². The number of rotatable bonds is 3. The van der Waals surface area contributed by atoms with Crippen molar-refractivity contribution in [3.8, 4) is 0 Å². The van der Waals surface area contributed by atoms with E-state index >= 15 is 0 Å². The fraction of sp³-hybridized carbons (Fsp3) is 0.231. The SMILES string of the molecule is Cc1noc(C)c1CNc1nccc2sccc12. The van der Waals surface area contributed by atoms with Gasteiger partial charge < -0.3 is 9.84 Å². The van der Waals surface area contributed by atoms with Crippen LogP contribution in [0, 0.1) is 13.8 Å². The Hall–Kier alpha value is -1.88. The van der Waals surface area contributed by atoms with Crippen molar-refractivity contribution in [2.45, 2.75) is 20.4 Å². The molecule has 5 heteroatoms. The molecule has 4 nitrogen and oxygen atoms in total. The van der Waals surface area contributed by atoms with E-state index in [0.717, 1.165) is 28.2 Å². The third-order valence-electron chi connectivity index (χ3n) is 2.99. The van der Waals surface area contributed by atoms with Gasteiger partial charge in [0, 0.05) is 28.4 Å². The average Bonchev–Trinajstić information content (AvgIpc) is 2.95. The van der Waals surface area contributed by atoms with E-state index < -0.39 is 0 Å². The van der Waals surface area contributed by atoms with Gasteiger partial charge in [-0.3, -0.25) is 0 Å². The summed E-state index contributed by atoms with van der Waals surface area (Å²) in [6.45, 7) is 4.56. The molecule has 0 radical (unpaired) electrons. The van der Waals surface area contributed by atoms with E-state index in [0.29, 0.717) is 6.54 Å². The second-order valence-electron chi connectivity index (χ2n) is 4.15. The molecule has 0 unspecified atom stereocenters. The Morgan fingerprint density at radius 3 is 3.00 bits per heavy atom. The minimum Gasteiger partial charge on any atom is -0.365 e. The van der Waals surface area contributed by atoms with Crippen molar-refractivity contribution in [2.24, 2.45) is 0 Å². The molecule has 3 aromatic heterocycles. The van der Waals surface area contributed by atoms with Gasteiger partial charge in [-0.2, -0.15) is 0 Å². The van der Waals surface area contributed by atoms with Crippen LogP contribution in [0.1, 0.15) is 17.0 Å². The topological polar surface area (TPSA) is 51.0 Å². The average molecular weight is 259 g/mol. The van der Waals surface area contributed by atoms with Crippen LogP contribution in [0.15, 0.2) is 28.2 Å². The number of aryl methyl sites for hydroxylation is 2. The van der Waals surface area contributed by atoms with Crippen LogP contribution in [0.25, 0.3) is 10.1 Å². The lowest BCUT2D eigenvalue weighted by Gasteiger charge is -2.06. The second-order valence-corrected chi connectivity index (χ2v) is 5.10. The molecule has 1 N–H and O–H groups in total. The molecule has 92 valence electrons. The zero-order valence-electron chi connectivity index (χ0n) is 10.2. The number of nitrogens with zero attached hydrogens (tertiary/aromatic N) is 2. The van der Waals surface area contributed by atoms with Crippen molar-refractivity contribution >= 4 is 27.2 Å². The molecular formula is C13H13N3OS. The van der Waals surface area contributed by atoms with Gasteiger partial charge in [0.2, 0.25) is 0 Å². The highest BCUT2D eigenvalue weighted by Crippen LogP contribution is 2.26. The Labute approximate surface area is 109 Å². The number of pyridine rings is 1. The lowest BCUT2D eigenvalue weighted by Crippen LogP contribution is -2.03. The van der Waals surface area contributed by atoms with E-state index in [2.05, 4.69) is 26.9 Å². The first-order valence-electron chi connectivity index (χ1n) is 5.73. The minimum absolute atomic E-state index is 0.684. The predicted octanol–water partition coefficient (Wildman–Crippen LogP) is 3.51. The van der Waals surface area contributed by atoms with Gasteiger partial charge in [-0.15, -0.1) is 11.3 Å². The minimum atomic E-state index is 0.684. The largest absolute Gasteiger partial charge is 0.365 e. The monoisotopic (exact) mass is 259 g/mol. The van der Waals surface area contributed by atoms with Crippen LogP contribution >= 0.6 is 11.3 Å². The first kappa shape index (κ1) is 11.2. The smallest absolute Gasteiger partial charge is 0.138 e. The third kappa shape index (κ3) is 1.86. The number of hydrogen-bond donors (Lipinski definition) is 1. The molecule has 0 aliphatic heterocycles. The van der Waals surface area contributed by atoms with Crippen molar-refractivity contribution in [3.63, 3.8) is 0 Å². The normalized spacial score (nSPS) is 11.0. The maximum absolute atomic E-state index is 5.15. The van der Waals surface area contributed by atoms with Gasteiger partial charge in [-0.25, -0.2) is 4.98 Å². The Morgan fingerprint density at radius 1 is 1.33 bits per heavy atom. The second kappa shape index (κ2) is 4.42. The van der Waals surface area contributed by atoms with Crippen LogP contribution in [-0.2, 0) is 6.54 Å². The number of anilines is 1. The summed E-state index contributed by atoms with van der Waals surface area (Å²) in [6, 6.07) is 4.11. The lowest BCUT2D eigenvalue weighted by molar-refractivity contribution is 0.392. The third-order valence-corrected chi connectivity index (χ3v) is 3.88. The molecule has 0 bridgehead atoms. The first-order chi connectivity index (χ1) is 8.75. The number of hydrogen-bond acceptors (Lipinski definition) is 5. The maximum Gasteiger partial charge on any atom is 0.138 e. The molecule has 3 aromatic rings. The van der Waals surface area contributed by atoms with Gasteiger partial charge in [0.15, 0.2) is 0 Å². The molecule has 0 aromatic carbocycles. The van der Waals surface area contributed by atoms with Crippen LogP contribution in [0.5, 0.6) is 0 Å². The highest BCUT2D eigenvalue weighted by atomic mass is 32.1. The molecule has 0 fully saturated rings.